The number of carbonyl (C=O) groups excluding carboxylic acids is 1. The Morgan fingerprint density at radius 1 is 0.449 bits per heavy atom. The first-order valence-electron chi connectivity index (χ1n) is 31.9. The van der Waals surface area contributed by atoms with Gasteiger partial charge in [0.1, 0.15) is 48.8 Å². The quantitative estimate of drug-likeness (QED) is 0.0204. The summed E-state index contributed by atoms with van der Waals surface area (Å²) in [5.41, 5.74) is 0. The summed E-state index contributed by atoms with van der Waals surface area (Å²) in [4.78, 5) is 13.2. The summed E-state index contributed by atoms with van der Waals surface area (Å²) in [6.45, 7) is 2.73. The van der Waals surface area contributed by atoms with E-state index < -0.39 is 86.8 Å². The number of aliphatic hydroxyl groups is 8. The van der Waals surface area contributed by atoms with Gasteiger partial charge in [0, 0.05) is 6.42 Å². The fraction of sp³-hybridized carbons (Fsp3) is 0.859. The lowest BCUT2D eigenvalue weighted by Gasteiger charge is -2.46. The molecule has 2 fully saturated rings. The van der Waals surface area contributed by atoms with Gasteiger partial charge in [-0.15, -0.1) is 0 Å². The highest BCUT2D eigenvalue weighted by molar-refractivity contribution is 5.76. The van der Waals surface area contributed by atoms with Crippen molar-refractivity contribution < 1.29 is 64.6 Å². The lowest BCUT2D eigenvalue weighted by Crippen LogP contribution is -2.65. The zero-order chi connectivity index (χ0) is 56.7. The van der Waals surface area contributed by atoms with Crippen LogP contribution >= 0.6 is 0 Å². The molecule has 456 valence electrons. The van der Waals surface area contributed by atoms with Crippen molar-refractivity contribution in [3.63, 3.8) is 0 Å². The van der Waals surface area contributed by atoms with Gasteiger partial charge in [-0.1, -0.05) is 236 Å². The molecule has 0 aromatic heterocycles. The molecule has 0 spiro atoms. The first-order chi connectivity index (χ1) is 38.1. The number of hydrogen-bond donors (Lipinski definition) is 9. The number of nitrogens with one attached hydrogen (secondary N) is 1. The van der Waals surface area contributed by atoms with Crippen LogP contribution < -0.4 is 5.32 Å². The number of allylic oxidation sites excluding steroid dienone is 7. The fourth-order valence-corrected chi connectivity index (χ4v) is 10.3. The van der Waals surface area contributed by atoms with Crippen LogP contribution in [-0.4, -0.2) is 140 Å². The number of carbonyl (C=O) groups is 1. The van der Waals surface area contributed by atoms with Crippen molar-refractivity contribution in [2.75, 3.05) is 19.8 Å². The van der Waals surface area contributed by atoms with Gasteiger partial charge in [0.2, 0.25) is 5.91 Å². The van der Waals surface area contributed by atoms with E-state index in [-0.39, 0.29) is 18.9 Å². The van der Waals surface area contributed by atoms with Gasteiger partial charge in [-0.2, -0.15) is 0 Å². The lowest BCUT2D eigenvalue weighted by molar-refractivity contribution is -0.359. The summed E-state index contributed by atoms with van der Waals surface area (Å²) in [7, 11) is 0. The number of unbranched alkanes of at least 4 members (excludes halogenated alkanes) is 32. The van der Waals surface area contributed by atoms with Crippen LogP contribution in [0.2, 0.25) is 0 Å². The summed E-state index contributed by atoms with van der Waals surface area (Å²) in [6.07, 6.45) is 46.3. The summed E-state index contributed by atoms with van der Waals surface area (Å²) in [5, 5.41) is 86.9. The van der Waals surface area contributed by atoms with E-state index in [0.717, 1.165) is 64.2 Å². The Morgan fingerprint density at radius 2 is 0.833 bits per heavy atom. The van der Waals surface area contributed by atoms with E-state index in [1.807, 2.05) is 6.08 Å². The smallest absolute Gasteiger partial charge is 0.220 e. The molecule has 2 saturated heterocycles. The Hall–Kier alpha value is -2.05. The highest BCUT2D eigenvalue weighted by Gasteiger charge is 2.51. The number of amides is 1. The van der Waals surface area contributed by atoms with Gasteiger partial charge in [0.15, 0.2) is 12.6 Å². The fourth-order valence-electron chi connectivity index (χ4n) is 10.3. The molecule has 0 bridgehead atoms. The van der Waals surface area contributed by atoms with Crippen LogP contribution in [0.1, 0.15) is 258 Å². The molecule has 0 aliphatic carbocycles. The van der Waals surface area contributed by atoms with Gasteiger partial charge in [-0.3, -0.25) is 4.79 Å². The molecule has 2 aliphatic heterocycles. The normalized spacial score (nSPS) is 24.8. The maximum atomic E-state index is 13.2. The van der Waals surface area contributed by atoms with Gasteiger partial charge in [-0.05, 0) is 64.2 Å². The molecule has 78 heavy (non-hydrogen) atoms. The van der Waals surface area contributed by atoms with E-state index in [0.29, 0.717) is 12.8 Å². The minimum atomic E-state index is -1.79. The van der Waals surface area contributed by atoms with Crippen LogP contribution in [0, 0.1) is 0 Å². The summed E-state index contributed by atoms with van der Waals surface area (Å²) < 4.78 is 22.7. The van der Waals surface area contributed by atoms with Crippen molar-refractivity contribution in [1.82, 2.24) is 5.32 Å². The first kappa shape index (κ1) is 72.1. The SMILES string of the molecule is CCCC/C=C\CCCCCCCC(=O)NC(COC1OC(CO)C(OC2OC(CO)C(O)C(O)C2O)C(O)C1O)C(O)/C=C/CC/C=C/CC/C=C/CCCCCCCCCCCCCCCCCCCCCCCCC. The highest BCUT2D eigenvalue weighted by Crippen LogP contribution is 2.30. The third-order valence-corrected chi connectivity index (χ3v) is 15.5. The Kier molecular flexibility index (Phi) is 45.8. The van der Waals surface area contributed by atoms with E-state index in [4.69, 9.17) is 18.9 Å². The van der Waals surface area contributed by atoms with Gasteiger partial charge < -0.3 is 65.1 Å². The van der Waals surface area contributed by atoms with Gasteiger partial charge in [0.05, 0.1) is 32.0 Å². The third kappa shape index (κ3) is 34.4. The average Bonchev–Trinajstić information content (AvgIpc) is 3.44. The van der Waals surface area contributed by atoms with Crippen molar-refractivity contribution in [3.05, 3.63) is 48.6 Å². The van der Waals surface area contributed by atoms with E-state index in [2.05, 4.69) is 55.6 Å². The van der Waals surface area contributed by atoms with Crippen LogP contribution in [0.5, 0.6) is 0 Å². The monoisotopic (exact) mass is 1110 g/mol. The topological polar surface area (TPSA) is 228 Å². The maximum Gasteiger partial charge on any atom is 0.220 e. The van der Waals surface area contributed by atoms with Crippen LogP contribution in [0.15, 0.2) is 48.6 Å². The number of hydrogen-bond acceptors (Lipinski definition) is 13. The molecule has 0 aromatic carbocycles. The molecule has 12 unspecified atom stereocenters. The zero-order valence-electron chi connectivity index (χ0n) is 49.2. The van der Waals surface area contributed by atoms with E-state index in [1.54, 1.807) is 6.08 Å². The molecule has 12 atom stereocenters. The average molecular weight is 1110 g/mol. The number of ether oxygens (including phenoxy) is 4. The summed E-state index contributed by atoms with van der Waals surface area (Å²) in [6, 6.07) is -0.942. The standard InChI is InChI=1S/C64H117NO13/c1-3-5-7-9-11-13-15-16-17-18-19-20-21-22-23-24-25-26-27-28-29-30-31-32-33-34-35-36-38-39-41-43-45-47-53(68)52(65-56(69)48-46-44-42-40-37-14-12-10-8-6-4-2)51-75-63-61(74)59(72)62(55(50-67)77-63)78-64-60(73)58(71)57(70)54(49-66)76-64/h10,12,33-34,38-39,45,47,52-55,57-64,66-68,70-74H,3-9,11,13-32,35-37,40-44,46,48-51H2,1-2H3,(H,65,69)/b12-10-,34-33+,39-38+,47-45+. The number of aliphatic hydroxyl groups excluding tert-OH is 8. The largest absolute Gasteiger partial charge is 0.394 e. The second kappa shape index (κ2) is 49.5. The molecule has 0 aromatic rings. The summed E-state index contributed by atoms with van der Waals surface area (Å²) >= 11 is 0. The van der Waals surface area contributed by atoms with E-state index >= 15 is 0 Å². The van der Waals surface area contributed by atoms with Crippen LogP contribution in [0.3, 0.4) is 0 Å². The Labute approximate surface area is 473 Å². The molecular formula is C64H117NO13. The predicted molar refractivity (Wildman–Crippen MR) is 314 cm³/mol. The Bertz CT molecular complexity index is 1490. The van der Waals surface area contributed by atoms with Gasteiger partial charge in [-0.25, -0.2) is 0 Å². The summed E-state index contributed by atoms with van der Waals surface area (Å²) in [5.74, 6) is -0.264. The highest BCUT2D eigenvalue weighted by atomic mass is 16.7. The lowest BCUT2D eigenvalue weighted by atomic mass is 9.97. The molecule has 2 aliphatic rings. The van der Waals surface area contributed by atoms with Crippen LogP contribution in [0.25, 0.3) is 0 Å². The molecule has 2 rings (SSSR count). The first-order valence-corrected chi connectivity index (χ1v) is 31.9. The minimum absolute atomic E-state index is 0.258. The predicted octanol–water partition coefficient (Wildman–Crippen LogP) is 11.6. The van der Waals surface area contributed by atoms with Crippen LogP contribution in [-0.2, 0) is 23.7 Å². The molecule has 1 amide bonds. The molecule has 0 radical (unpaired) electrons. The second-order valence-corrected chi connectivity index (χ2v) is 22.5. The van der Waals surface area contributed by atoms with Gasteiger partial charge in [0.25, 0.3) is 0 Å². The molecule has 14 nitrogen and oxygen atoms in total. The molecular weight excluding hydrogens is 991 g/mol. The second-order valence-electron chi connectivity index (χ2n) is 22.5. The van der Waals surface area contributed by atoms with Crippen LogP contribution in [0.4, 0.5) is 0 Å². The third-order valence-electron chi connectivity index (χ3n) is 15.5. The van der Waals surface area contributed by atoms with Crippen molar-refractivity contribution >= 4 is 5.91 Å². The van der Waals surface area contributed by atoms with Crippen molar-refractivity contribution in [2.45, 2.75) is 331 Å². The number of rotatable bonds is 51. The maximum absolute atomic E-state index is 13.2. The Balaban J connectivity index is 1.67. The Morgan fingerprint density at radius 3 is 1.29 bits per heavy atom. The molecule has 9 N–H and O–H groups in total. The van der Waals surface area contributed by atoms with E-state index in [1.165, 1.54) is 161 Å². The molecule has 0 saturated carbocycles. The molecule has 2 heterocycles. The van der Waals surface area contributed by atoms with E-state index in [9.17, 15) is 45.6 Å². The van der Waals surface area contributed by atoms with Crippen molar-refractivity contribution in [3.8, 4) is 0 Å². The van der Waals surface area contributed by atoms with Gasteiger partial charge >= 0.3 is 0 Å². The van der Waals surface area contributed by atoms with Crippen molar-refractivity contribution in [2.24, 2.45) is 0 Å². The van der Waals surface area contributed by atoms with Crippen molar-refractivity contribution in [1.29, 1.82) is 0 Å². The molecule has 14 heteroatoms. The minimum Gasteiger partial charge on any atom is -0.394 e. The zero-order valence-corrected chi connectivity index (χ0v) is 49.2.